The molecule has 0 aromatic carbocycles. The van der Waals surface area contributed by atoms with Gasteiger partial charge in [-0.2, -0.15) is 0 Å². The summed E-state index contributed by atoms with van der Waals surface area (Å²) in [5.74, 6) is -0.750. The summed E-state index contributed by atoms with van der Waals surface area (Å²) in [6, 6.07) is 0.182. The Hall–Kier alpha value is -1.06. The lowest BCUT2D eigenvalue weighted by Crippen LogP contribution is -2.47. The third-order valence-corrected chi connectivity index (χ3v) is 3.13. The molecule has 0 aromatic rings. The Labute approximate surface area is 96.6 Å². The molecule has 92 valence electrons. The van der Waals surface area contributed by atoms with Gasteiger partial charge >= 0.3 is 5.97 Å². The van der Waals surface area contributed by atoms with Crippen LogP contribution < -0.4 is 0 Å². The van der Waals surface area contributed by atoms with Gasteiger partial charge in [0.05, 0.1) is 5.92 Å². The highest BCUT2D eigenvalue weighted by Crippen LogP contribution is 2.23. The lowest BCUT2D eigenvalue weighted by atomic mass is 9.93. The molecule has 1 rings (SSSR count). The third kappa shape index (κ3) is 3.22. The van der Waals surface area contributed by atoms with E-state index in [4.69, 9.17) is 5.11 Å². The number of hydrogen-bond acceptors (Lipinski definition) is 2. The number of nitrogens with zero attached hydrogens (tertiary/aromatic N) is 1. The second-order valence-corrected chi connectivity index (χ2v) is 5.11. The molecule has 0 aliphatic carbocycles. The van der Waals surface area contributed by atoms with E-state index < -0.39 is 5.97 Å². The molecule has 1 N–H and O–H groups in total. The van der Waals surface area contributed by atoms with Crippen molar-refractivity contribution < 1.29 is 14.7 Å². The van der Waals surface area contributed by atoms with E-state index >= 15 is 0 Å². The standard InChI is InChI=1S/C12H21NO3/c1-8(2)6-11(14)13-7-10(12(15)16)5-4-9(13)3/h8-10H,4-7H2,1-3H3,(H,15,16). The molecule has 1 amide bonds. The van der Waals surface area contributed by atoms with Crippen molar-refractivity contribution in [3.05, 3.63) is 0 Å². The van der Waals surface area contributed by atoms with Gasteiger partial charge in [0, 0.05) is 19.0 Å². The molecule has 0 bridgehead atoms. The lowest BCUT2D eigenvalue weighted by molar-refractivity contribution is -0.147. The second-order valence-electron chi connectivity index (χ2n) is 5.11. The molecule has 1 aliphatic heterocycles. The maximum atomic E-state index is 11.9. The molecule has 2 unspecified atom stereocenters. The normalized spacial score (nSPS) is 25.9. The molecule has 0 radical (unpaired) electrons. The molecule has 1 aliphatic rings. The number of aliphatic carboxylic acids is 1. The van der Waals surface area contributed by atoms with E-state index in [1.54, 1.807) is 4.90 Å². The van der Waals surface area contributed by atoms with Crippen molar-refractivity contribution in [2.45, 2.75) is 46.1 Å². The van der Waals surface area contributed by atoms with E-state index in [0.29, 0.717) is 25.3 Å². The van der Waals surface area contributed by atoms with Gasteiger partial charge in [-0.25, -0.2) is 0 Å². The zero-order valence-corrected chi connectivity index (χ0v) is 10.3. The number of hydrogen-bond donors (Lipinski definition) is 1. The number of carbonyl (C=O) groups is 2. The van der Waals surface area contributed by atoms with Crippen LogP contribution in [0, 0.1) is 11.8 Å². The second kappa shape index (κ2) is 5.32. The van der Waals surface area contributed by atoms with Crippen LogP contribution in [0.4, 0.5) is 0 Å². The van der Waals surface area contributed by atoms with Crippen LogP contribution in [0.15, 0.2) is 0 Å². The maximum Gasteiger partial charge on any atom is 0.308 e. The van der Waals surface area contributed by atoms with Gasteiger partial charge in [-0.1, -0.05) is 13.8 Å². The van der Waals surface area contributed by atoms with Gasteiger partial charge in [0.15, 0.2) is 0 Å². The molecule has 0 saturated carbocycles. The monoisotopic (exact) mass is 227 g/mol. The lowest BCUT2D eigenvalue weighted by Gasteiger charge is -2.37. The number of rotatable bonds is 3. The van der Waals surface area contributed by atoms with Crippen LogP contribution in [0.2, 0.25) is 0 Å². The fourth-order valence-corrected chi connectivity index (χ4v) is 2.12. The van der Waals surface area contributed by atoms with Crippen LogP contribution in [0.3, 0.4) is 0 Å². The number of likely N-dealkylation sites (tertiary alicyclic amines) is 1. The van der Waals surface area contributed by atoms with Gasteiger partial charge in [0.2, 0.25) is 5.91 Å². The average molecular weight is 227 g/mol. The third-order valence-electron chi connectivity index (χ3n) is 3.13. The number of carbonyl (C=O) groups excluding carboxylic acids is 1. The Morgan fingerprint density at radius 3 is 2.50 bits per heavy atom. The summed E-state index contributed by atoms with van der Waals surface area (Å²) in [4.78, 5) is 24.6. The van der Waals surface area contributed by atoms with Crippen molar-refractivity contribution in [3.63, 3.8) is 0 Å². The number of amides is 1. The molecule has 4 nitrogen and oxygen atoms in total. The van der Waals surface area contributed by atoms with E-state index in [9.17, 15) is 9.59 Å². The van der Waals surface area contributed by atoms with Crippen molar-refractivity contribution in [2.24, 2.45) is 11.8 Å². The van der Waals surface area contributed by atoms with Crippen LogP contribution in [0.5, 0.6) is 0 Å². The van der Waals surface area contributed by atoms with Crippen molar-refractivity contribution in [3.8, 4) is 0 Å². The molecule has 0 aromatic heterocycles. The molecule has 1 saturated heterocycles. The summed E-state index contributed by atoms with van der Waals surface area (Å²) in [6.45, 7) is 6.38. The maximum absolute atomic E-state index is 11.9. The highest BCUT2D eigenvalue weighted by molar-refractivity contribution is 5.78. The quantitative estimate of drug-likeness (QED) is 0.799. The van der Waals surface area contributed by atoms with E-state index in [0.717, 1.165) is 6.42 Å². The van der Waals surface area contributed by atoms with Crippen molar-refractivity contribution in [1.29, 1.82) is 0 Å². The number of carboxylic acids is 1. The molecule has 16 heavy (non-hydrogen) atoms. The van der Waals surface area contributed by atoms with Crippen molar-refractivity contribution in [2.75, 3.05) is 6.54 Å². The summed E-state index contributed by atoms with van der Waals surface area (Å²) in [5, 5.41) is 8.97. The van der Waals surface area contributed by atoms with Gasteiger partial charge < -0.3 is 10.0 Å². The predicted octanol–water partition coefficient (Wildman–Crippen LogP) is 1.74. The van der Waals surface area contributed by atoms with Gasteiger partial charge in [-0.3, -0.25) is 9.59 Å². The topological polar surface area (TPSA) is 57.6 Å². The summed E-state index contributed by atoms with van der Waals surface area (Å²) in [7, 11) is 0. The minimum Gasteiger partial charge on any atom is -0.481 e. The molecule has 4 heteroatoms. The van der Waals surface area contributed by atoms with Crippen LogP contribution in [0.25, 0.3) is 0 Å². The minimum atomic E-state index is -0.783. The zero-order valence-electron chi connectivity index (χ0n) is 10.3. The summed E-state index contributed by atoms with van der Waals surface area (Å²) < 4.78 is 0. The Morgan fingerprint density at radius 2 is 2.00 bits per heavy atom. The first-order valence-electron chi connectivity index (χ1n) is 5.94. The molecule has 1 fully saturated rings. The Balaban J connectivity index is 2.62. The first kappa shape index (κ1) is 13.0. The number of piperidine rings is 1. The minimum absolute atomic E-state index is 0.0912. The van der Waals surface area contributed by atoms with E-state index in [1.807, 2.05) is 20.8 Å². The smallest absolute Gasteiger partial charge is 0.308 e. The van der Waals surface area contributed by atoms with Crippen molar-refractivity contribution in [1.82, 2.24) is 4.90 Å². The molecule has 0 spiro atoms. The van der Waals surface area contributed by atoms with Gasteiger partial charge in [-0.05, 0) is 25.7 Å². The average Bonchev–Trinajstić information content (AvgIpc) is 2.16. The molecular formula is C12H21NO3. The van der Waals surface area contributed by atoms with Crippen LogP contribution in [-0.2, 0) is 9.59 Å². The Kier molecular flexibility index (Phi) is 4.33. The van der Waals surface area contributed by atoms with E-state index in [1.165, 1.54) is 0 Å². The largest absolute Gasteiger partial charge is 0.481 e. The SMILES string of the molecule is CC(C)CC(=O)N1CC(C(=O)O)CCC1C. The summed E-state index contributed by atoms with van der Waals surface area (Å²) in [5.41, 5.74) is 0. The Bertz CT molecular complexity index is 275. The first-order valence-corrected chi connectivity index (χ1v) is 5.94. The first-order chi connectivity index (χ1) is 7.41. The van der Waals surface area contributed by atoms with Gasteiger partial charge in [0.25, 0.3) is 0 Å². The molecule has 2 atom stereocenters. The van der Waals surface area contributed by atoms with Crippen LogP contribution in [-0.4, -0.2) is 34.5 Å². The number of carboxylic acid groups (broad SMARTS) is 1. The molecular weight excluding hydrogens is 206 g/mol. The summed E-state index contributed by atoms with van der Waals surface area (Å²) >= 11 is 0. The van der Waals surface area contributed by atoms with E-state index in [-0.39, 0.29) is 17.9 Å². The van der Waals surface area contributed by atoms with Crippen LogP contribution >= 0.6 is 0 Å². The zero-order chi connectivity index (χ0) is 12.3. The van der Waals surface area contributed by atoms with Crippen molar-refractivity contribution >= 4 is 11.9 Å². The van der Waals surface area contributed by atoms with Gasteiger partial charge in [0.1, 0.15) is 0 Å². The van der Waals surface area contributed by atoms with Gasteiger partial charge in [-0.15, -0.1) is 0 Å². The Morgan fingerprint density at radius 1 is 1.38 bits per heavy atom. The fourth-order valence-electron chi connectivity index (χ4n) is 2.12. The summed E-state index contributed by atoms with van der Waals surface area (Å²) in [6.07, 6.45) is 1.99. The fraction of sp³-hybridized carbons (Fsp3) is 0.833. The van der Waals surface area contributed by atoms with Crippen LogP contribution in [0.1, 0.15) is 40.0 Å². The highest BCUT2D eigenvalue weighted by atomic mass is 16.4. The predicted molar refractivity (Wildman–Crippen MR) is 61.0 cm³/mol. The molecule has 1 heterocycles. The highest BCUT2D eigenvalue weighted by Gasteiger charge is 2.32. The van der Waals surface area contributed by atoms with E-state index in [2.05, 4.69) is 0 Å².